The Kier molecular flexibility index (Phi) is 10.4. The van der Waals surface area contributed by atoms with Gasteiger partial charge in [0.2, 0.25) is 0 Å². The topological polar surface area (TPSA) is 106 Å². The van der Waals surface area contributed by atoms with Crippen molar-refractivity contribution in [1.82, 2.24) is 24.7 Å². The molecule has 0 saturated carbocycles. The summed E-state index contributed by atoms with van der Waals surface area (Å²) in [4.78, 5) is 35.6. The van der Waals surface area contributed by atoms with Crippen LogP contribution in [0.2, 0.25) is 0 Å². The number of carbonyl (C=O) groups is 1. The van der Waals surface area contributed by atoms with E-state index in [4.69, 9.17) is 10.4 Å². The first-order valence-corrected chi connectivity index (χ1v) is 13.6. The lowest BCUT2D eigenvalue weighted by atomic mass is 10.0. The van der Waals surface area contributed by atoms with Crippen LogP contribution < -0.4 is 16.2 Å². The second-order valence-corrected chi connectivity index (χ2v) is 11.0. The van der Waals surface area contributed by atoms with E-state index in [0.29, 0.717) is 28.2 Å². The molecule has 3 N–H and O–H groups in total. The fraction of sp³-hybridized carbons (Fsp3) is 0.419. The molecular formula is C31H43N7O2. The zero-order chi connectivity index (χ0) is 29.6. The van der Waals surface area contributed by atoms with Crippen LogP contribution in [-0.4, -0.2) is 71.7 Å². The summed E-state index contributed by atoms with van der Waals surface area (Å²) >= 11 is 0. The lowest BCUT2D eigenvalue weighted by Crippen LogP contribution is -2.31. The molecule has 214 valence electrons. The standard InChI is InChI=1S/C31H43N7O2/c1-20(2)34-29-26(17-32)25(30(39)33-18-27-21(3)14-22(4)38(8)31(27)40)16-28(35-29)24-11-9-10-23(15-24)19-37(7)13-12-36(5)6/h9-11,14-17,20,32H,12-13,18-19H2,1-8H3,(H,33,39)(H,34,35). The van der Waals surface area contributed by atoms with E-state index in [1.54, 1.807) is 17.7 Å². The van der Waals surface area contributed by atoms with Crippen molar-refractivity contribution in [2.24, 2.45) is 7.05 Å². The number of benzene rings is 1. The van der Waals surface area contributed by atoms with Crippen molar-refractivity contribution in [1.29, 1.82) is 5.41 Å². The van der Waals surface area contributed by atoms with Crippen molar-refractivity contribution in [2.45, 2.75) is 46.8 Å². The van der Waals surface area contributed by atoms with Gasteiger partial charge in [-0.1, -0.05) is 18.2 Å². The number of nitrogens with one attached hydrogen (secondary N) is 3. The van der Waals surface area contributed by atoms with Gasteiger partial charge in [-0.15, -0.1) is 0 Å². The minimum atomic E-state index is -0.365. The fourth-order valence-electron chi connectivity index (χ4n) is 4.52. The smallest absolute Gasteiger partial charge is 0.255 e. The Balaban J connectivity index is 1.98. The summed E-state index contributed by atoms with van der Waals surface area (Å²) in [5, 5.41) is 14.3. The van der Waals surface area contributed by atoms with Crippen LogP contribution in [0.4, 0.5) is 5.82 Å². The number of nitrogens with zero attached hydrogens (tertiary/aromatic N) is 4. The lowest BCUT2D eigenvalue weighted by Gasteiger charge is -2.20. The summed E-state index contributed by atoms with van der Waals surface area (Å²) in [5.41, 5.74) is 5.51. The highest BCUT2D eigenvalue weighted by atomic mass is 16.2. The molecule has 0 aliphatic rings. The Morgan fingerprint density at radius 2 is 1.85 bits per heavy atom. The maximum atomic E-state index is 13.5. The molecule has 0 unspecified atom stereocenters. The molecule has 3 rings (SSSR count). The molecule has 9 heteroatoms. The van der Waals surface area contributed by atoms with Gasteiger partial charge in [-0.3, -0.25) is 9.59 Å². The van der Waals surface area contributed by atoms with Crippen LogP contribution in [0.5, 0.6) is 0 Å². The molecule has 0 aliphatic carbocycles. The van der Waals surface area contributed by atoms with Crippen LogP contribution in [0, 0.1) is 19.3 Å². The van der Waals surface area contributed by atoms with Crippen LogP contribution in [-0.2, 0) is 20.1 Å². The predicted octanol–water partition coefficient (Wildman–Crippen LogP) is 3.81. The van der Waals surface area contributed by atoms with E-state index >= 15 is 0 Å². The number of amides is 1. The molecule has 0 aliphatic heterocycles. The highest BCUT2D eigenvalue weighted by molar-refractivity contribution is 6.05. The van der Waals surface area contributed by atoms with E-state index in [0.717, 1.165) is 48.2 Å². The van der Waals surface area contributed by atoms with Crippen LogP contribution in [0.1, 0.15) is 52.2 Å². The van der Waals surface area contributed by atoms with Crippen molar-refractivity contribution >= 4 is 17.9 Å². The van der Waals surface area contributed by atoms with Crippen LogP contribution in [0.3, 0.4) is 0 Å². The summed E-state index contributed by atoms with van der Waals surface area (Å²) in [7, 11) is 7.96. The average Bonchev–Trinajstić information content (AvgIpc) is 2.89. The van der Waals surface area contributed by atoms with Crippen molar-refractivity contribution < 1.29 is 4.79 Å². The van der Waals surface area contributed by atoms with E-state index < -0.39 is 0 Å². The van der Waals surface area contributed by atoms with Crippen LogP contribution in [0.25, 0.3) is 11.3 Å². The summed E-state index contributed by atoms with van der Waals surface area (Å²) in [6.07, 6.45) is 1.16. The zero-order valence-electron chi connectivity index (χ0n) is 25.1. The lowest BCUT2D eigenvalue weighted by molar-refractivity contribution is 0.0950. The van der Waals surface area contributed by atoms with Crippen LogP contribution >= 0.6 is 0 Å². The van der Waals surface area contributed by atoms with Crippen molar-refractivity contribution in [3.8, 4) is 11.3 Å². The van der Waals surface area contributed by atoms with Gasteiger partial charge in [-0.25, -0.2) is 4.98 Å². The second kappa shape index (κ2) is 13.5. The minimum Gasteiger partial charge on any atom is -0.367 e. The first-order valence-electron chi connectivity index (χ1n) is 13.6. The quantitative estimate of drug-likeness (QED) is 0.299. The summed E-state index contributed by atoms with van der Waals surface area (Å²) in [5.74, 6) is 0.110. The van der Waals surface area contributed by atoms with Gasteiger partial charge < -0.3 is 30.4 Å². The Morgan fingerprint density at radius 1 is 1.12 bits per heavy atom. The number of aryl methyl sites for hydroxylation is 2. The first-order chi connectivity index (χ1) is 18.9. The Hall–Kier alpha value is -3.82. The molecule has 9 nitrogen and oxygen atoms in total. The molecule has 1 aromatic carbocycles. The third kappa shape index (κ3) is 7.64. The first kappa shape index (κ1) is 30.7. The SMILES string of the molecule is Cc1cc(C)n(C)c(=O)c1CNC(=O)c1cc(-c2cccc(CN(C)CCN(C)C)c2)nc(NC(C)C)c1C=N. The van der Waals surface area contributed by atoms with Crippen LogP contribution in [0.15, 0.2) is 41.2 Å². The number of hydrogen-bond acceptors (Lipinski definition) is 7. The number of hydrogen-bond donors (Lipinski definition) is 3. The number of pyridine rings is 2. The molecule has 0 bridgehead atoms. The molecule has 3 aromatic rings. The molecule has 0 spiro atoms. The third-order valence-corrected chi connectivity index (χ3v) is 6.90. The molecular weight excluding hydrogens is 502 g/mol. The highest BCUT2D eigenvalue weighted by Gasteiger charge is 2.20. The molecule has 0 atom stereocenters. The van der Waals surface area contributed by atoms with Crippen molar-refractivity contribution in [3.63, 3.8) is 0 Å². The number of carbonyl (C=O) groups excluding carboxylic acids is 1. The third-order valence-electron chi connectivity index (χ3n) is 6.90. The molecule has 1 amide bonds. The van der Waals surface area contributed by atoms with Gasteiger partial charge in [0.05, 0.1) is 11.3 Å². The van der Waals surface area contributed by atoms with Gasteiger partial charge in [-0.05, 0) is 78.2 Å². The number of rotatable bonds is 12. The molecule has 0 saturated heterocycles. The van der Waals surface area contributed by atoms with Gasteiger partial charge >= 0.3 is 0 Å². The number of likely N-dealkylation sites (N-methyl/N-ethyl adjacent to an activating group) is 2. The van der Waals surface area contributed by atoms with E-state index in [2.05, 4.69) is 53.7 Å². The maximum Gasteiger partial charge on any atom is 0.255 e. The van der Waals surface area contributed by atoms with E-state index in [9.17, 15) is 9.59 Å². The minimum absolute atomic E-state index is 0.0484. The van der Waals surface area contributed by atoms with Gasteiger partial charge in [0.25, 0.3) is 11.5 Å². The van der Waals surface area contributed by atoms with Crippen molar-refractivity contribution in [2.75, 3.05) is 39.5 Å². The average molecular weight is 546 g/mol. The Labute approximate surface area is 237 Å². The Morgan fingerprint density at radius 3 is 2.50 bits per heavy atom. The van der Waals surface area contributed by atoms with Gasteiger partial charge in [0, 0.05) is 67.9 Å². The van der Waals surface area contributed by atoms with Crippen molar-refractivity contribution in [3.05, 3.63) is 80.3 Å². The molecule has 0 radical (unpaired) electrons. The second-order valence-electron chi connectivity index (χ2n) is 11.0. The molecule has 2 heterocycles. The largest absolute Gasteiger partial charge is 0.367 e. The summed E-state index contributed by atoms with van der Waals surface area (Å²) in [6, 6.07) is 11.9. The normalized spacial score (nSPS) is 11.4. The monoisotopic (exact) mass is 545 g/mol. The van der Waals surface area contributed by atoms with E-state index in [-0.39, 0.29) is 24.1 Å². The maximum absolute atomic E-state index is 13.5. The van der Waals surface area contributed by atoms with E-state index in [1.165, 1.54) is 0 Å². The molecule has 2 aromatic heterocycles. The van der Waals surface area contributed by atoms with Gasteiger partial charge in [0.15, 0.2) is 0 Å². The Bertz CT molecular complexity index is 1430. The molecule has 0 fully saturated rings. The number of anilines is 1. The fourth-order valence-corrected chi connectivity index (χ4v) is 4.52. The van der Waals surface area contributed by atoms with E-state index in [1.807, 2.05) is 45.9 Å². The number of aromatic nitrogens is 2. The molecule has 40 heavy (non-hydrogen) atoms. The predicted molar refractivity (Wildman–Crippen MR) is 164 cm³/mol. The summed E-state index contributed by atoms with van der Waals surface area (Å²) in [6.45, 7) is 10.5. The van der Waals surface area contributed by atoms with Gasteiger partial charge in [0.1, 0.15) is 5.82 Å². The summed E-state index contributed by atoms with van der Waals surface area (Å²) < 4.78 is 1.58. The highest BCUT2D eigenvalue weighted by Crippen LogP contribution is 2.26. The van der Waals surface area contributed by atoms with Gasteiger partial charge in [-0.2, -0.15) is 0 Å². The zero-order valence-corrected chi connectivity index (χ0v) is 25.1.